The maximum absolute atomic E-state index is 5.83. The Morgan fingerprint density at radius 1 is 1.26 bits per heavy atom. The molecule has 0 amide bonds. The Hall–Kier alpha value is -1.39. The number of hydrogen-bond acceptors (Lipinski definition) is 4. The topological polar surface area (TPSA) is 51.8 Å². The SMILES string of the molecule is Cc1ccnc(Sc2ccc(CC(C)N)cc2C)n1. The van der Waals surface area contributed by atoms with Crippen LogP contribution in [0.1, 0.15) is 23.7 Å². The van der Waals surface area contributed by atoms with Crippen LogP contribution < -0.4 is 5.73 Å². The average molecular weight is 273 g/mol. The van der Waals surface area contributed by atoms with Gasteiger partial charge < -0.3 is 5.73 Å². The summed E-state index contributed by atoms with van der Waals surface area (Å²) in [5.74, 6) is 0. The molecule has 1 unspecified atom stereocenters. The molecule has 100 valence electrons. The summed E-state index contributed by atoms with van der Waals surface area (Å²) in [6.07, 6.45) is 2.71. The molecule has 1 atom stereocenters. The molecule has 2 N–H and O–H groups in total. The van der Waals surface area contributed by atoms with Crippen molar-refractivity contribution in [2.24, 2.45) is 5.73 Å². The van der Waals surface area contributed by atoms with Crippen LogP contribution in [0.3, 0.4) is 0 Å². The van der Waals surface area contributed by atoms with Crippen LogP contribution in [0.25, 0.3) is 0 Å². The summed E-state index contributed by atoms with van der Waals surface area (Å²) >= 11 is 1.60. The summed E-state index contributed by atoms with van der Waals surface area (Å²) in [7, 11) is 0. The van der Waals surface area contributed by atoms with E-state index in [1.54, 1.807) is 18.0 Å². The predicted octanol–water partition coefficient (Wildman–Crippen LogP) is 3.13. The molecular formula is C15H19N3S. The Morgan fingerprint density at radius 2 is 2.05 bits per heavy atom. The Kier molecular flexibility index (Phi) is 4.56. The fourth-order valence-electron chi connectivity index (χ4n) is 1.90. The van der Waals surface area contributed by atoms with Gasteiger partial charge in [-0.3, -0.25) is 0 Å². The quantitative estimate of drug-likeness (QED) is 0.870. The van der Waals surface area contributed by atoms with Gasteiger partial charge in [0.05, 0.1) is 0 Å². The van der Waals surface area contributed by atoms with Crippen LogP contribution in [0.2, 0.25) is 0 Å². The van der Waals surface area contributed by atoms with Gasteiger partial charge in [0.1, 0.15) is 0 Å². The Balaban J connectivity index is 2.17. The molecule has 2 rings (SSSR count). The first-order chi connectivity index (χ1) is 9.04. The molecular weight excluding hydrogens is 254 g/mol. The highest BCUT2D eigenvalue weighted by molar-refractivity contribution is 7.99. The molecule has 0 aliphatic heterocycles. The molecule has 1 heterocycles. The molecule has 0 radical (unpaired) electrons. The first-order valence-electron chi connectivity index (χ1n) is 6.37. The van der Waals surface area contributed by atoms with Gasteiger partial charge in [0, 0.05) is 22.8 Å². The van der Waals surface area contributed by atoms with Crippen molar-refractivity contribution < 1.29 is 0 Å². The second kappa shape index (κ2) is 6.17. The molecule has 0 spiro atoms. The number of aromatic nitrogens is 2. The molecule has 1 aromatic carbocycles. The Morgan fingerprint density at radius 3 is 2.68 bits per heavy atom. The van der Waals surface area contributed by atoms with Gasteiger partial charge in [-0.1, -0.05) is 12.1 Å². The summed E-state index contributed by atoms with van der Waals surface area (Å²) in [4.78, 5) is 9.88. The molecule has 3 nitrogen and oxygen atoms in total. The number of benzene rings is 1. The number of aryl methyl sites for hydroxylation is 2. The van der Waals surface area contributed by atoms with Crippen molar-refractivity contribution >= 4 is 11.8 Å². The van der Waals surface area contributed by atoms with Gasteiger partial charge in [0.2, 0.25) is 0 Å². The average Bonchev–Trinajstić information content (AvgIpc) is 2.32. The van der Waals surface area contributed by atoms with Gasteiger partial charge in [0.15, 0.2) is 5.16 Å². The van der Waals surface area contributed by atoms with Crippen LogP contribution in [-0.4, -0.2) is 16.0 Å². The van der Waals surface area contributed by atoms with E-state index in [4.69, 9.17) is 5.73 Å². The number of hydrogen-bond donors (Lipinski definition) is 1. The summed E-state index contributed by atoms with van der Waals surface area (Å²) in [5.41, 5.74) is 9.34. The minimum absolute atomic E-state index is 0.193. The zero-order chi connectivity index (χ0) is 13.8. The summed E-state index contributed by atoms with van der Waals surface area (Å²) < 4.78 is 0. The molecule has 1 aromatic heterocycles. The lowest BCUT2D eigenvalue weighted by Gasteiger charge is -2.09. The van der Waals surface area contributed by atoms with Crippen LogP contribution in [0, 0.1) is 13.8 Å². The molecule has 0 saturated heterocycles. The minimum atomic E-state index is 0.193. The maximum atomic E-state index is 5.83. The molecule has 2 aromatic rings. The maximum Gasteiger partial charge on any atom is 0.192 e. The third-order valence-electron chi connectivity index (χ3n) is 2.77. The van der Waals surface area contributed by atoms with Gasteiger partial charge in [-0.05, 0) is 62.2 Å². The zero-order valence-corrected chi connectivity index (χ0v) is 12.4. The van der Waals surface area contributed by atoms with Crippen molar-refractivity contribution in [2.75, 3.05) is 0 Å². The van der Waals surface area contributed by atoms with E-state index < -0.39 is 0 Å². The second-order valence-corrected chi connectivity index (χ2v) is 5.87. The van der Waals surface area contributed by atoms with Crippen LogP contribution in [0.5, 0.6) is 0 Å². The zero-order valence-electron chi connectivity index (χ0n) is 11.6. The van der Waals surface area contributed by atoms with Gasteiger partial charge >= 0.3 is 0 Å². The van der Waals surface area contributed by atoms with Gasteiger partial charge in [0.25, 0.3) is 0 Å². The summed E-state index contributed by atoms with van der Waals surface area (Å²) in [6, 6.07) is 8.56. The lowest BCUT2D eigenvalue weighted by Crippen LogP contribution is -2.17. The third-order valence-corrected chi connectivity index (χ3v) is 3.83. The van der Waals surface area contributed by atoms with Crippen molar-refractivity contribution in [3.63, 3.8) is 0 Å². The lowest BCUT2D eigenvalue weighted by molar-refractivity contribution is 0.737. The highest BCUT2D eigenvalue weighted by Gasteiger charge is 2.06. The monoisotopic (exact) mass is 273 g/mol. The molecule has 4 heteroatoms. The fraction of sp³-hybridized carbons (Fsp3) is 0.333. The highest BCUT2D eigenvalue weighted by atomic mass is 32.2. The van der Waals surface area contributed by atoms with Crippen LogP contribution in [0.4, 0.5) is 0 Å². The van der Waals surface area contributed by atoms with E-state index in [1.165, 1.54) is 16.0 Å². The summed E-state index contributed by atoms with van der Waals surface area (Å²) in [5, 5.41) is 0.794. The van der Waals surface area contributed by atoms with E-state index in [0.717, 1.165) is 17.3 Å². The van der Waals surface area contributed by atoms with Gasteiger partial charge in [-0.15, -0.1) is 0 Å². The molecule has 0 saturated carbocycles. The van der Waals surface area contributed by atoms with Crippen LogP contribution >= 0.6 is 11.8 Å². The van der Waals surface area contributed by atoms with E-state index in [2.05, 4.69) is 35.1 Å². The molecule has 0 aliphatic carbocycles. The molecule has 19 heavy (non-hydrogen) atoms. The fourth-order valence-corrected chi connectivity index (χ4v) is 2.75. The van der Waals surface area contributed by atoms with E-state index in [0.29, 0.717) is 0 Å². The van der Waals surface area contributed by atoms with Crippen molar-refractivity contribution in [3.8, 4) is 0 Å². The van der Waals surface area contributed by atoms with E-state index in [1.807, 2.05) is 19.9 Å². The van der Waals surface area contributed by atoms with Crippen molar-refractivity contribution in [2.45, 2.75) is 43.3 Å². The van der Waals surface area contributed by atoms with Crippen LogP contribution in [0.15, 0.2) is 40.5 Å². The highest BCUT2D eigenvalue weighted by Crippen LogP contribution is 2.28. The minimum Gasteiger partial charge on any atom is -0.328 e. The first-order valence-corrected chi connectivity index (χ1v) is 7.19. The van der Waals surface area contributed by atoms with Crippen molar-refractivity contribution in [3.05, 3.63) is 47.3 Å². The number of nitrogens with zero attached hydrogens (tertiary/aromatic N) is 2. The number of nitrogens with two attached hydrogens (primary N) is 1. The van der Waals surface area contributed by atoms with Crippen molar-refractivity contribution in [1.82, 2.24) is 9.97 Å². The van der Waals surface area contributed by atoms with Gasteiger partial charge in [-0.2, -0.15) is 0 Å². The number of rotatable bonds is 4. The normalized spacial score (nSPS) is 12.4. The Labute approximate surface area is 118 Å². The van der Waals surface area contributed by atoms with Gasteiger partial charge in [-0.25, -0.2) is 9.97 Å². The Bertz CT molecular complexity index is 567. The van der Waals surface area contributed by atoms with Crippen LogP contribution in [-0.2, 0) is 6.42 Å². The third kappa shape index (κ3) is 4.04. The largest absolute Gasteiger partial charge is 0.328 e. The second-order valence-electron chi connectivity index (χ2n) is 4.86. The molecule has 0 bridgehead atoms. The standard InChI is InChI=1S/C15H19N3S/c1-10-8-13(9-11(2)16)4-5-14(10)19-15-17-7-6-12(3)18-15/h4-8,11H,9,16H2,1-3H3. The lowest BCUT2D eigenvalue weighted by atomic mass is 10.1. The summed E-state index contributed by atoms with van der Waals surface area (Å²) in [6.45, 7) is 6.12. The predicted molar refractivity (Wildman–Crippen MR) is 79.4 cm³/mol. The van der Waals surface area contributed by atoms with Crippen molar-refractivity contribution in [1.29, 1.82) is 0 Å². The molecule has 0 fully saturated rings. The molecule has 0 aliphatic rings. The smallest absolute Gasteiger partial charge is 0.192 e. The first kappa shape index (κ1) is 14.0. The van der Waals surface area contributed by atoms with E-state index >= 15 is 0 Å². The van der Waals surface area contributed by atoms with E-state index in [-0.39, 0.29) is 6.04 Å². The van der Waals surface area contributed by atoms with E-state index in [9.17, 15) is 0 Å².